The summed E-state index contributed by atoms with van der Waals surface area (Å²) in [4.78, 5) is 2.43. The van der Waals surface area contributed by atoms with Crippen molar-refractivity contribution in [1.82, 2.24) is 0 Å². The summed E-state index contributed by atoms with van der Waals surface area (Å²) in [5.74, 6) is 0. The van der Waals surface area contributed by atoms with Gasteiger partial charge in [0.1, 0.15) is 0 Å². The topological polar surface area (TPSA) is 48.8 Å². The van der Waals surface area contributed by atoms with Gasteiger partial charge < -0.3 is 0 Å². The average Bonchev–Trinajstić information content (AvgIpc) is 1.35. The van der Waals surface area contributed by atoms with Crippen molar-refractivity contribution in [2.24, 2.45) is 5.11 Å². The minimum Gasteiger partial charge on any atom is -0.0832 e. The maximum absolute atomic E-state index is 7.66. The summed E-state index contributed by atoms with van der Waals surface area (Å²) in [6.07, 6.45) is 0. The van der Waals surface area contributed by atoms with E-state index in [9.17, 15) is 0 Å². The Bertz CT molecular complexity index is 72.9. The summed E-state index contributed by atoms with van der Waals surface area (Å²) in [5, 5.41) is 3.22. The minimum absolute atomic E-state index is 0.0810. The Morgan fingerprint density at radius 2 is 2.50 bits per heavy atom. The first-order chi connectivity index (χ1) is 2.77. The van der Waals surface area contributed by atoms with Crippen LogP contribution in [0.1, 0.15) is 6.92 Å². The van der Waals surface area contributed by atoms with Gasteiger partial charge in [0.2, 0.25) is 0 Å². The molecular weight excluding hydrogens is 146 g/mol. The third-order valence-corrected chi connectivity index (χ3v) is 0.394. The van der Waals surface area contributed by atoms with E-state index in [2.05, 4.69) is 26.0 Å². The molecule has 0 heterocycles. The van der Waals surface area contributed by atoms with E-state index >= 15 is 0 Å². The van der Waals surface area contributed by atoms with Crippen LogP contribution in [0.2, 0.25) is 0 Å². The van der Waals surface area contributed by atoms with Crippen molar-refractivity contribution < 1.29 is 0 Å². The van der Waals surface area contributed by atoms with E-state index in [0.717, 1.165) is 0 Å². The van der Waals surface area contributed by atoms with Crippen LogP contribution in [-0.4, -0.2) is 4.95 Å². The lowest BCUT2D eigenvalue weighted by molar-refractivity contribution is 1.05. The molecule has 0 fully saturated rings. The molecule has 0 aliphatic carbocycles. The smallest absolute Gasteiger partial charge is 0.0832 e. The van der Waals surface area contributed by atoms with E-state index in [1.54, 1.807) is 6.92 Å². The molecule has 0 aromatic rings. The van der Waals surface area contributed by atoms with Gasteiger partial charge in [0.05, 0.1) is 4.95 Å². The first-order valence-corrected chi connectivity index (χ1v) is 2.37. The van der Waals surface area contributed by atoms with Crippen LogP contribution in [0.3, 0.4) is 0 Å². The normalized spacial score (nSPS) is 12.3. The molecule has 0 aromatic heterocycles. The Labute approximate surface area is 44.1 Å². The standard InChI is InChI=1S/C2H4BrN3/c1-2(3)5-6-4/h2H,1H3. The predicted octanol–water partition coefficient (Wildman–Crippen LogP) is 2.04. The van der Waals surface area contributed by atoms with Gasteiger partial charge >= 0.3 is 0 Å². The summed E-state index contributed by atoms with van der Waals surface area (Å²) in [7, 11) is 0. The van der Waals surface area contributed by atoms with Gasteiger partial charge in [0.25, 0.3) is 0 Å². The van der Waals surface area contributed by atoms with Gasteiger partial charge in [-0.15, -0.1) is 0 Å². The van der Waals surface area contributed by atoms with Crippen molar-refractivity contribution >= 4 is 15.9 Å². The SMILES string of the molecule is CC(Br)N=[N+]=[N-]. The number of rotatable bonds is 1. The van der Waals surface area contributed by atoms with Crippen LogP contribution in [0.4, 0.5) is 0 Å². The molecule has 0 aliphatic heterocycles. The highest BCUT2D eigenvalue weighted by Crippen LogP contribution is 1.96. The Morgan fingerprint density at radius 3 is 2.50 bits per heavy atom. The zero-order valence-corrected chi connectivity index (χ0v) is 4.88. The Morgan fingerprint density at radius 1 is 2.00 bits per heavy atom. The van der Waals surface area contributed by atoms with Gasteiger partial charge in [-0.1, -0.05) is 21.0 Å². The molecule has 1 unspecified atom stereocenters. The Hall–Kier alpha value is -0.210. The van der Waals surface area contributed by atoms with Gasteiger partial charge in [0.15, 0.2) is 0 Å². The van der Waals surface area contributed by atoms with Crippen molar-refractivity contribution in [2.45, 2.75) is 11.9 Å². The zero-order chi connectivity index (χ0) is 4.99. The first kappa shape index (κ1) is 5.79. The minimum atomic E-state index is -0.0810. The van der Waals surface area contributed by atoms with Crippen LogP contribution in [0, 0.1) is 0 Å². The van der Waals surface area contributed by atoms with Crippen molar-refractivity contribution in [3.05, 3.63) is 10.4 Å². The fourth-order valence-electron chi connectivity index (χ4n) is 0.0712. The molecule has 3 nitrogen and oxygen atoms in total. The Kier molecular flexibility index (Phi) is 2.89. The summed E-state index contributed by atoms with van der Waals surface area (Å²) < 4.78 is 0. The zero-order valence-electron chi connectivity index (χ0n) is 3.30. The van der Waals surface area contributed by atoms with Crippen LogP contribution in [-0.2, 0) is 0 Å². The molecule has 0 amide bonds. The summed E-state index contributed by atoms with van der Waals surface area (Å²) in [6, 6.07) is 0. The Balaban J connectivity index is 3.29. The van der Waals surface area contributed by atoms with E-state index in [4.69, 9.17) is 5.53 Å². The third kappa shape index (κ3) is 3.79. The summed E-state index contributed by atoms with van der Waals surface area (Å²) >= 11 is 3.01. The lowest BCUT2D eigenvalue weighted by Crippen LogP contribution is -1.73. The maximum atomic E-state index is 7.66. The van der Waals surface area contributed by atoms with Gasteiger partial charge in [-0.2, -0.15) is 0 Å². The van der Waals surface area contributed by atoms with E-state index in [0.29, 0.717) is 0 Å². The number of hydrogen-bond donors (Lipinski definition) is 0. The molecule has 0 bridgehead atoms. The van der Waals surface area contributed by atoms with Crippen molar-refractivity contribution in [3.63, 3.8) is 0 Å². The third-order valence-electron chi connectivity index (χ3n) is 0.211. The van der Waals surface area contributed by atoms with Gasteiger partial charge in [0, 0.05) is 4.91 Å². The highest BCUT2D eigenvalue weighted by Gasteiger charge is 1.81. The molecule has 0 saturated heterocycles. The highest BCUT2D eigenvalue weighted by atomic mass is 79.9. The number of hydrogen-bond acceptors (Lipinski definition) is 1. The van der Waals surface area contributed by atoms with Crippen LogP contribution in [0.5, 0.6) is 0 Å². The van der Waals surface area contributed by atoms with Gasteiger partial charge in [-0.3, -0.25) is 0 Å². The predicted molar refractivity (Wildman–Crippen MR) is 27.5 cm³/mol. The van der Waals surface area contributed by atoms with E-state index in [1.807, 2.05) is 0 Å². The van der Waals surface area contributed by atoms with Gasteiger partial charge in [-0.25, -0.2) is 0 Å². The van der Waals surface area contributed by atoms with Crippen molar-refractivity contribution in [1.29, 1.82) is 0 Å². The molecule has 34 valence electrons. The van der Waals surface area contributed by atoms with Crippen LogP contribution < -0.4 is 0 Å². The van der Waals surface area contributed by atoms with E-state index < -0.39 is 0 Å². The van der Waals surface area contributed by atoms with E-state index in [1.165, 1.54) is 0 Å². The molecule has 1 atom stereocenters. The highest BCUT2D eigenvalue weighted by molar-refractivity contribution is 9.09. The summed E-state index contributed by atoms with van der Waals surface area (Å²) in [5.41, 5.74) is 7.66. The fraction of sp³-hybridized carbons (Fsp3) is 1.00. The summed E-state index contributed by atoms with van der Waals surface area (Å²) in [6.45, 7) is 1.75. The van der Waals surface area contributed by atoms with Crippen LogP contribution in [0.25, 0.3) is 10.4 Å². The first-order valence-electron chi connectivity index (χ1n) is 1.45. The van der Waals surface area contributed by atoms with Crippen LogP contribution >= 0.6 is 15.9 Å². The lowest BCUT2D eigenvalue weighted by Gasteiger charge is -1.79. The number of alkyl halides is 1. The number of nitrogens with zero attached hydrogens (tertiary/aromatic N) is 3. The molecule has 6 heavy (non-hydrogen) atoms. The largest absolute Gasteiger partial charge is 0.0903 e. The van der Waals surface area contributed by atoms with Crippen molar-refractivity contribution in [2.75, 3.05) is 0 Å². The molecule has 0 saturated carbocycles. The molecule has 0 spiro atoms. The second kappa shape index (κ2) is 3.00. The number of halogens is 1. The molecule has 0 radical (unpaired) electrons. The molecule has 0 aliphatic rings. The fourth-order valence-corrected chi connectivity index (χ4v) is 0.153. The second-order valence-corrected chi connectivity index (χ2v) is 2.10. The van der Waals surface area contributed by atoms with Gasteiger partial charge in [-0.05, 0) is 12.5 Å². The molecule has 0 N–H and O–H groups in total. The lowest BCUT2D eigenvalue weighted by atomic mass is 10.8. The quantitative estimate of drug-likeness (QED) is 0.180. The molecular formula is C2H4BrN3. The maximum Gasteiger partial charge on any atom is 0.0903 e. The van der Waals surface area contributed by atoms with Crippen molar-refractivity contribution in [3.8, 4) is 0 Å². The molecule has 0 aromatic carbocycles. The average molecular weight is 150 g/mol. The number of azide groups is 1. The molecule has 4 heteroatoms. The second-order valence-electron chi connectivity index (χ2n) is 0.779. The monoisotopic (exact) mass is 149 g/mol. The molecule has 0 rings (SSSR count). The van der Waals surface area contributed by atoms with E-state index in [-0.39, 0.29) is 4.95 Å². The van der Waals surface area contributed by atoms with Crippen LogP contribution in [0.15, 0.2) is 5.11 Å².